The summed E-state index contributed by atoms with van der Waals surface area (Å²) < 4.78 is 0. The molecule has 1 aromatic rings. The molecule has 0 atom stereocenters. The molecule has 0 radical (unpaired) electrons. The van der Waals surface area contributed by atoms with Crippen LogP contribution in [0.2, 0.25) is 5.02 Å². The maximum Gasteiger partial charge on any atom is 0.288 e. The van der Waals surface area contributed by atoms with E-state index in [4.69, 9.17) is 11.6 Å². The Labute approximate surface area is 87.2 Å². The highest BCUT2D eigenvalue weighted by atomic mass is 35.5. The van der Waals surface area contributed by atoms with E-state index in [2.05, 4.69) is 0 Å². The zero-order valence-corrected chi connectivity index (χ0v) is 8.78. The van der Waals surface area contributed by atoms with Crippen molar-refractivity contribution in [3.8, 4) is 0 Å². The smallest absolute Gasteiger partial charge is 0.288 e. The second-order valence-electron chi connectivity index (χ2n) is 3.25. The fourth-order valence-corrected chi connectivity index (χ4v) is 1.42. The Balaban J connectivity index is 3.07. The van der Waals surface area contributed by atoms with Crippen molar-refractivity contribution in [2.75, 3.05) is 14.1 Å². The van der Waals surface area contributed by atoms with Gasteiger partial charge in [-0.25, -0.2) is 0 Å². The summed E-state index contributed by atoms with van der Waals surface area (Å²) in [4.78, 5) is 12.0. The van der Waals surface area contributed by atoms with Gasteiger partial charge in [0.15, 0.2) is 0 Å². The number of hydrogen-bond donors (Lipinski definition) is 0. The molecule has 0 amide bonds. The standard InChI is InChI=1S/C9H11ClN2O2/c1-11(2)6-7-4-3-5-8(9(7)10)12(13)14/h3-5H,6H2,1-2H3. The quantitative estimate of drug-likeness (QED) is 0.573. The van der Waals surface area contributed by atoms with Gasteiger partial charge in [0.25, 0.3) is 5.69 Å². The van der Waals surface area contributed by atoms with Crippen LogP contribution in [0, 0.1) is 10.1 Å². The Kier molecular flexibility index (Phi) is 3.43. The SMILES string of the molecule is CN(C)Cc1cccc([N+](=O)[O-])c1Cl. The monoisotopic (exact) mass is 214 g/mol. The first-order valence-corrected chi connectivity index (χ1v) is 4.46. The first-order valence-electron chi connectivity index (χ1n) is 4.09. The van der Waals surface area contributed by atoms with E-state index >= 15 is 0 Å². The Morgan fingerprint density at radius 3 is 2.64 bits per heavy atom. The summed E-state index contributed by atoms with van der Waals surface area (Å²) in [5.74, 6) is 0. The van der Waals surface area contributed by atoms with Crippen LogP contribution in [0.25, 0.3) is 0 Å². The average Bonchev–Trinajstić information content (AvgIpc) is 2.07. The molecule has 5 heteroatoms. The van der Waals surface area contributed by atoms with Crippen molar-refractivity contribution in [2.45, 2.75) is 6.54 Å². The first-order chi connectivity index (χ1) is 6.52. The fourth-order valence-electron chi connectivity index (χ4n) is 1.17. The molecule has 1 aromatic carbocycles. The van der Waals surface area contributed by atoms with Crippen LogP contribution in [0.3, 0.4) is 0 Å². The third kappa shape index (κ3) is 2.43. The van der Waals surface area contributed by atoms with Crippen LogP contribution in [-0.2, 0) is 6.54 Å². The third-order valence-corrected chi connectivity index (χ3v) is 2.18. The number of nitrogens with zero attached hydrogens (tertiary/aromatic N) is 2. The number of hydrogen-bond acceptors (Lipinski definition) is 3. The van der Waals surface area contributed by atoms with Gasteiger partial charge in [-0.3, -0.25) is 10.1 Å². The summed E-state index contributed by atoms with van der Waals surface area (Å²) in [5.41, 5.74) is 0.733. The molecule has 0 aromatic heterocycles. The molecule has 1 rings (SSSR count). The van der Waals surface area contributed by atoms with Gasteiger partial charge in [0.1, 0.15) is 5.02 Å². The largest absolute Gasteiger partial charge is 0.305 e. The van der Waals surface area contributed by atoms with Crippen molar-refractivity contribution < 1.29 is 4.92 Å². The normalized spacial score (nSPS) is 10.6. The Morgan fingerprint density at radius 2 is 2.14 bits per heavy atom. The number of rotatable bonds is 3. The van der Waals surface area contributed by atoms with Crippen LogP contribution in [0.4, 0.5) is 5.69 Å². The number of nitro groups is 1. The van der Waals surface area contributed by atoms with Gasteiger partial charge >= 0.3 is 0 Å². The molecule has 14 heavy (non-hydrogen) atoms. The van der Waals surface area contributed by atoms with Gasteiger partial charge in [0.05, 0.1) is 4.92 Å². The number of nitro benzene ring substituents is 1. The van der Waals surface area contributed by atoms with Crippen molar-refractivity contribution >= 4 is 17.3 Å². The number of halogens is 1. The van der Waals surface area contributed by atoms with Crippen molar-refractivity contribution in [3.63, 3.8) is 0 Å². The van der Waals surface area contributed by atoms with Crippen LogP contribution in [0.15, 0.2) is 18.2 Å². The highest BCUT2D eigenvalue weighted by Crippen LogP contribution is 2.28. The topological polar surface area (TPSA) is 46.4 Å². The highest BCUT2D eigenvalue weighted by Gasteiger charge is 2.15. The van der Waals surface area contributed by atoms with Crippen LogP contribution in [0.5, 0.6) is 0 Å². The average molecular weight is 215 g/mol. The van der Waals surface area contributed by atoms with Crippen LogP contribution >= 0.6 is 11.6 Å². The van der Waals surface area contributed by atoms with E-state index in [0.29, 0.717) is 6.54 Å². The second kappa shape index (κ2) is 4.39. The summed E-state index contributed by atoms with van der Waals surface area (Å²) in [7, 11) is 3.77. The molecule has 0 unspecified atom stereocenters. The minimum atomic E-state index is -0.471. The second-order valence-corrected chi connectivity index (χ2v) is 3.62. The van der Waals surface area contributed by atoms with E-state index in [9.17, 15) is 10.1 Å². The molecule has 0 aliphatic heterocycles. The van der Waals surface area contributed by atoms with E-state index in [1.807, 2.05) is 19.0 Å². The minimum absolute atomic E-state index is 0.0361. The van der Waals surface area contributed by atoms with Gasteiger partial charge < -0.3 is 4.90 Å². The van der Waals surface area contributed by atoms with Gasteiger partial charge in [-0.1, -0.05) is 23.7 Å². The zero-order valence-electron chi connectivity index (χ0n) is 8.03. The third-order valence-electron chi connectivity index (χ3n) is 1.74. The zero-order chi connectivity index (χ0) is 10.7. The lowest BCUT2D eigenvalue weighted by atomic mass is 10.2. The van der Waals surface area contributed by atoms with E-state index in [1.165, 1.54) is 6.07 Å². The molecule has 0 saturated heterocycles. The van der Waals surface area contributed by atoms with Crippen molar-refractivity contribution in [1.29, 1.82) is 0 Å². The van der Waals surface area contributed by atoms with Crippen LogP contribution in [0.1, 0.15) is 5.56 Å². The predicted molar refractivity (Wildman–Crippen MR) is 55.5 cm³/mol. The lowest BCUT2D eigenvalue weighted by Crippen LogP contribution is -2.11. The molecule has 0 N–H and O–H groups in total. The van der Waals surface area contributed by atoms with E-state index in [-0.39, 0.29) is 10.7 Å². The molecule has 0 fully saturated rings. The summed E-state index contributed by atoms with van der Waals surface area (Å²) in [6, 6.07) is 4.83. The minimum Gasteiger partial charge on any atom is -0.305 e. The maximum atomic E-state index is 10.6. The summed E-state index contributed by atoms with van der Waals surface area (Å²) in [6.45, 7) is 0.598. The molecule has 0 aliphatic carbocycles. The summed E-state index contributed by atoms with van der Waals surface area (Å²) >= 11 is 5.88. The fraction of sp³-hybridized carbons (Fsp3) is 0.333. The molecular formula is C9H11ClN2O2. The Hall–Kier alpha value is -1.13. The van der Waals surface area contributed by atoms with Crippen LogP contribution in [-0.4, -0.2) is 23.9 Å². The summed E-state index contributed by atoms with van der Waals surface area (Å²) in [6.07, 6.45) is 0. The molecule has 0 saturated carbocycles. The molecule has 0 heterocycles. The molecule has 0 spiro atoms. The molecule has 4 nitrogen and oxygen atoms in total. The van der Waals surface area contributed by atoms with Crippen molar-refractivity contribution in [3.05, 3.63) is 38.9 Å². The lowest BCUT2D eigenvalue weighted by molar-refractivity contribution is -0.384. The number of benzene rings is 1. The van der Waals surface area contributed by atoms with Crippen LogP contribution < -0.4 is 0 Å². The van der Waals surface area contributed by atoms with Gasteiger partial charge in [-0.2, -0.15) is 0 Å². The predicted octanol–water partition coefficient (Wildman–Crippen LogP) is 2.31. The Morgan fingerprint density at radius 1 is 1.50 bits per heavy atom. The van der Waals surface area contributed by atoms with Gasteiger partial charge in [0, 0.05) is 12.6 Å². The van der Waals surface area contributed by atoms with Crippen molar-refractivity contribution in [1.82, 2.24) is 4.90 Å². The highest BCUT2D eigenvalue weighted by molar-refractivity contribution is 6.33. The van der Waals surface area contributed by atoms with E-state index in [0.717, 1.165) is 5.56 Å². The molecule has 0 bridgehead atoms. The van der Waals surface area contributed by atoms with E-state index < -0.39 is 4.92 Å². The van der Waals surface area contributed by atoms with Crippen molar-refractivity contribution in [2.24, 2.45) is 0 Å². The maximum absolute atomic E-state index is 10.6. The Bertz CT molecular complexity index is 353. The molecular weight excluding hydrogens is 204 g/mol. The summed E-state index contributed by atoms with van der Waals surface area (Å²) in [5, 5.41) is 10.8. The molecule has 76 valence electrons. The van der Waals surface area contributed by atoms with Gasteiger partial charge in [-0.05, 0) is 19.7 Å². The van der Waals surface area contributed by atoms with E-state index in [1.54, 1.807) is 12.1 Å². The molecule has 0 aliphatic rings. The van der Waals surface area contributed by atoms with Gasteiger partial charge in [-0.15, -0.1) is 0 Å². The lowest BCUT2D eigenvalue weighted by Gasteiger charge is -2.10. The van der Waals surface area contributed by atoms with Gasteiger partial charge in [0.2, 0.25) is 0 Å². The first kappa shape index (κ1) is 10.9.